The van der Waals surface area contributed by atoms with Crippen molar-refractivity contribution < 1.29 is 68.4 Å². The predicted molar refractivity (Wildman–Crippen MR) is 285 cm³/mol. The molecule has 2 saturated heterocycles. The smallest absolute Gasteiger partial charge is 0.317 e. The van der Waals surface area contributed by atoms with Gasteiger partial charge in [-0.15, -0.1) is 0 Å². The molecule has 436 valence electrons. The van der Waals surface area contributed by atoms with Crippen LogP contribution in [0.25, 0.3) is 0 Å². The summed E-state index contributed by atoms with van der Waals surface area (Å²) >= 11 is 0. The summed E-state index contributed by atoms with van der Waals surface area (Å²) in [4.78, 5) is 143. The second kappa shape index (κ2) is 34.0. The normalized spacial score (nSPS) is 24.2. The van der Waals surface area contributed by atoms with E-state index < -0.39 is 109 Å². The molecular formula is C51H83N13O14. The molecule has 2 aliphatic rings. The van der Waals surface area contributed by atoms with E-state index in [0.717, 1.165) is 0 Å². The van der Waals surface area contributed by atoms with E-state index in [9.17, 15) is 68.4 Å². The maximum Gasteiger partial charge on any atom is 0.317 e. The number of hydrogen-bond donors (Lipinski definition) is 12. The predicted octanol–water partition coefficient (Wildman–Crippen LogP) is -2.30. The van der Waals surface area contributed by atoms with Crippen LogP contribution in [0.3, 0.4) is 0 Å². The van der Waals surface area contributed by atoms with Gasteiger partial charge in [0, 0.05) is 69.9 Å². The van der Waals surface area contributed by atoms with Gasteiger partial charge in [0.1, 0.15) is 24.2 Å². The van der Waals surface area contributed by atoms with Gasteiger partial charge >= 0.3 is 23.9 Å². The van der Waals surface area contributed by atoms with E-state index in [1.807, 2.05) is 42.4 Å². The maximum atomic E-state index is 14.2. The van der Waals surface area contributed by atoms with Crippen LogP contribution >= 0.6 is 0 Å². The first-order chi connectivity index (χ1) is 37.1. The van der Waals surface area contributed by atoms with Gasteiger partial charge in [-0.05, 0) is 63.4 Å². The first kappa shape index (κ1) is 65.3. The lowest BCUT2D eigenvalue weighted by Gasteiger charge is -2.45. The molecule has 2 heterocycles. The Balaban J connectivity index is 1.93. The van der Waals surface area contributed by atoms with E-state index in [0.29, 0.717) is 31.2 Å². The monoisotopic (exact) mass is 1100 g/mol. The summed E-state index contributed by atoms with van der Waals surface area (Å²) in [5.74, 6) is -9.58. The van der Waals surface area contributed by atoms with Crippen molar-refractivity contribution in [1.29, 1.82) is 0 Å². The third-order valence-corrected chi connectivity index (χ3v) is 13.9. The summed E-state index contributed by atoms with van der Waals surface area (Å²) in [5, 5.41) is 55.3. The number of carbonyl (C=O) groups excluding carboxylic acids is 6. The minimum absolute atomic E-state index is 0.0189. The minimum Gasteiger partial charge on any atom is -0.481 e. The zero-order valence-electron chi connectivity index (χ0n) is 45.3. The topological polar surface area (TPSA) is 401 Å². The number of hydrogen-bond acceptors (Lipinski definition) is 15. The molecule has 0 aromatic heterocycles. The summed E-state index contributed by atoms with van der Waals surface area (Å²) in [6.45, 7) is 6.81. The summed E-state index contributed by atoms with van der Waals surface area (Å²) in [6.07, 6.45) is 1.60. The summed E-state index contributed by atoms with van der Waals surface area (Å²) in [6, 6.07) is 1.33. The van der Waals surface area contributed by atoms with E-state index >= 15 is 0 Å². The van der Waals surface area contributed by atoms with Gasteiger partial charge in [-0.2, -0.15) is 0 Å². The zero-order valence-corrected chi connectivity index (χ0v) is 45.3. The molecule has 0 spiro atoms. The number of nitrogens with two attached hydrogens (primary N) is 2. The van der Waals surface area contributed by atoms with Crippen LogP contribution in [0.15, 0.2) is 35.3 Å². The fraction of sp³-hybridized carbons (Fsp3) is 0.667. The molecule has 0 aliphatic carbocycles. The second-order valence-corrected chi connectivity index (χ2v) is 19.8. The standard InChI is InChI=1S/C51H83N13O14/c1-5-33-25-62(29-44(69)70)35(7-3)27-64(31-46(73)74)36(8-4)26-63(30-45(71)72)34(6-2)24-61(33)28-42(66)54-19-13-12-17-38-48(76)58-37(18-14-20-55-51(52)53)47(75)56-23-41(65)57-40(22-43(67)68)50(78)60-39(49(77)59-38)21-32-15-10-9-11-16-32/h9-11,15-16,33-40H,5-8,12-14,17-31H2,1-4H3,(H,54,66)(H,56,75)(H,57,65)(H,58,76)(H,59,77)(H,60,78)(H,67,68)(H,69,70)(H,71,72)(H,73,74)(H4,52,53,55)/t33-,34-,35-,36-,37-,38-,39+,40-/m0/s1. The molecule has 3 rings (SSSR count). The zero-order chi connectivity index (χ0) is 57.9. The Bertz CT molecular complexity index is 2190. The van der Waals surface area contributed by atoms with E-state index in [-0.39, 0.29) is 122 Å². The number of benzene rings is 1. The van der Waals surface area contributed by atoms with Gasteiger partial charge in [0.2, 0.25) is 35.4 Å². The Morgan fingerprint density at radius 1 is 0.564 bits per heavy atom. The van der Waals surface area contributed by atoms with Crippen molar-refractivity contribution in [2.75, 3.05) is 72.0 Å². The molecule has 0 unspecified atom stereocenters. The van der Waals surface area contributed by atoms with Crippen molar-refractivity contribution in [3.8, 4) is 0 Å². The van der Waals surface area contributed by atoms with Gasteiger partial charge in [0.15, 0.2) is 5.96 Å². The Labute approximate surface area is 455 Å². The average molecular weight is 1100 g/mol. The lowest BCUT2D eigenvalue weighted by atomic mass is 10.0. The highest BCUT2D eigenvalue weighted by molar-refractivity contribution is 5.98. The minimum atomic E-state index is -1.66. The van der Waals surface area contributed by atoms with Crippen molar-refractivity contribution in [3.05, 3.63) is 35.9 Å². The number of aliphatic imine (C=N–C) groups is 1. The van der Waals surface area contributed by atoms with E-state index in [1.165, 1.54) is 0 Å². The molecule has 78 heavy (non-hydrogen) atoms. The van der Waals surface area contributed by atoms with Crippen molar-refractivity contribution in [1.82, 2.24) is 51.5 Å². The number of amides is 6. The number of rotatable bonds is 25. The number of guanidine groups is 1. The number of nitrogens with zero attached hydrogens (tertiary/aromatic N) is 5. The molecule has 14 N–H and O–H groups in total. The van der Waals surface area contributed by atoms with Gasteiger partial charge in [-0.1, -0.05) is 58.0 Å². The van der Waals surface area contributed by atoms with Crippen LogP contribution in [-0.2, 0) is 54.4 Å². The number of carbonyl (C=O) groups is 10. The Hall–Kier alpha value is -6.97. The number of nitrogens with one attached hydrogen (secondary N) is 6. The number of unbranched alkanes of at least 4 members (excludes halogenated alkanes) is 1. The molecule has 8 atom stereocenters. The molecule has 6 amide bonds. The molecule has 27 heteroatoms. The molecule has 0 saturated carbocycles. The molecule has 1 aromatic rings. The van der Waals surface area contributed by atoms with Gasteiger partial charge in [0.05, 0.1) is 39.1 Å². The van der Waals surface area contributed by atoms with Crippen LogP contribution in [0, 0.1) is 0 Å². The Morgan fingerprint density at radius 3 is 1.46 bits per heavy atom. The Morgan fingerprint density at radius 2 is 1.00 bits per heavy atom. The fourth-order valence-electron chi connectivity index (χ4n) is 9.76. The largest absolute Gasteiger partial charge is 0.481 e. The van der Waals surface area contributed by atoms with Crippen LogP contribution in [0.4, 0.5) is 0 Å². The fourth-order valence-corrected chi connectivity index (χ4v) is 9.76. The van der Waals surface area contributed by atoms with Gasteiger partial charge in [0.25, 0.3) is 0 Å². The SMILES string of the molecule is CC[C@H]1CN(CC(=O)O)[C@@H](CC)CN(CC(=O)NCCCC[C@@H]2NC(=O)[C@@H](Cc3ccccc3)NC(=O)[C@H](CC(=O)O)NC(=O)CNC(=O)[C@H](CCCN=C(N)N)NC2=O)[C@@H](CC)CN(CC(=O)O)[C@@H](CC)CN1CC(=O)O. The molecule has 1 aromatic carbocycles. The lowest BCUT2D eigenvalue weighted by molar-refractivity contribution is -0.143. The van der Waals surface area contributed by atoms with Crippen LogP contribution < -0.4 is 43.4 Å². The van der Waals surface area contributed by atoms with E-state index in [4.69, 9.17) is 11.5 Å². The highest BCUT2D eigenvalue weighted by Gasteiger charge is 2.37. The number of aliphatic carboxylic acids is 4. The molecular weight excluding hydrogens is 1020 g/mol. The van der Waals surface area contributed by atoms with Crippen LogP contribution in [0.1, 0.15) is 97.5 Å². The van der Waals surface area contributed by atoms with Crippen molar-refractivity contribution in [2.24, 2.45) is 16.5 Å². The van der Waals surface area contributed by atoms with Crippen LogP contribution in [0.5, 0.6) is 0 Å². The summed E-state index contributed by atoms with van der Waals surface area (Å²) in [7, 11) is 0. The third kappa shape index (κ3) is 23.3. The lowest BCUT2D eigenvalue weighted by Crippen LogP contribution is -2.60. The van der Waals surface area contributed by atoms with Crippen LogP contribution in [-0.4, -0.2) is 226 Å². The van der Waals surface area contributed by atoms with Crippen molar-refractivity contribution in [3.63, 3.8) is 0 Å². The van der Waals surface area contributed by atoms with Gasteiger partial charge < -0.3 is 63.8 Å². The van der Waals surface area contributed by atoms with Gasteiger partial charge in [-0.25, -0.2) is 0 Å². The summed E-state index contributed by atoms with van der Waals surface area (Å²) in [5.41, 5.74) is 11.5. The molecule has 2 aliphatic heterocycles. The van der Waals surface area contributed by atoms with E-state index in [1.54, 1.807) is 35.2 Å². The second-order valence-electron chi connectivity index (χ2n) is 19.8. The first-order valence-electron chi connectivity index (χ1n) is 26.7. The third-order valence-electron chi connectivity index (χ3n) is 13.9. The first-order valence-corrected chi connectivity index (χ1v) is 26.7. The van der Waals surface area contributed by atoms with Crippen molar-refractivity contribution >= 4 is 65.3 Å². The molecule has 27 nitrogen and oxygen atoms in total. The highest BCUT2D eigenvalue weighted by Crippen LogP contribution is 2.21. The molecule has 2 fully saturated rings. The van der Waals surface area contributed by atoms with Gasteiger partial charge in [-0.3, -0.25) is 72.5 Å². The van der Waals surface area contributed by atoms with Crippen molar-refractivity contribution in [2.45, 2.75) is 147 Å². The van der Waals surface area contributed by atoms with Crippen LogP contribution in [0.2, 0.25) is 0 Å². The quantitative estimate of drug-likeness (QED) is 0.0278. The number of carboxylic acids is 4. The summed E-state index contributed by atoms with van der Waals surface area (Å²) < 4.78 is 0. The maximum absolute atomic E-state index is 14.2. The Kier molecular flexibility index (Phi) is 28.5. The highest BCUT2D eigenvalue weighted by atomic mass is 16.4. The van der Waals surface area contributed by atoms with E-state index in [2.05, 4.69) is 36.9 Å². The number of carboxylic acid groups (broad SMARTS) is 4. The molecule has 0 bridgehead atoms. The average Bonchev–Trinajstić information content (AvgIpc) is 3.38. The molecule has 0 radical (unpaired) electrons.